The summed E-state index contributed by atoms with van der Waals surface area (Å²) in [5.41, 5.74) is 11.3. The first kappa shape index (κ1) is 45.9. The van der Waals surface area contributed by atoms with E-state index in [4.69, 9.17) is 4.74 Å². The van der Waals surface area contributed by atoms with Gasteiger partial charge in [0.2, 0.25) is 11.8 Å². The molecule has 64 heavy (non-hydrogen) atoms. The number of ether oxygens (including phenoxy) is 1. The maximum absolute atomic E-state index is 14.7. The molecule has 3 aliphatic rings. The Morgan fingerprint density at radius 3 is 2.52 bits per heavy atom. The number of esters is 1. The van der Waals surface area contributed by atoms with Gasteiger partial charge in [-0.3, -0.25) is 29.2 Å². The third-order valence-corrected chi connectivity index (χ3v) is 13.0. The minimum Gasteiger partial charge on any atom is -0.508 e. The van der Waals surface area contributed by atoms with Gasteiger partial charge in [-0.25, -0.2) is 5.43 Å². The molecule has 7 rings (SSSR count). The Kier molecular flexibility index (Phi) is 13.3. The van der Waals surface area contributed by atoms with E-state index in [-0.39, 0.29) is 43.7 Å². The average Bonchev–Trinajstić information content (AvgIpc) is 3.87. The maximum Gasteiger partial charge on any atom is 0.324 e. The number of fused-ring (bicyclic) bond motifs is 6. The van der Waals surface area contributed by atoms with Crippen LogP contribution in [0.15, 0.2) is 61.4 Å². The highest BCUT2D eigenvalue weighted by molar-refractivity contribution is 5.96. The summed E-state index contributed by atoms with van der Waals surface area (Å²) in [5, 5.41) is 18.0. The summed E-state index contributed by atoms with van der Waals surface area (Å²) in [7, 11) is 1.55. The standard InChI is InChI=1S/C49H62N8O7/c1-10-42(59)54-18-16-35(27-54)57(63)53(9)44(29(3)4)46(60)51-40-21-32-19-34(22-36(58)20-32)33-14-15-41-37(23-33)38(45(55(41)11-2)43-30(5)25-50-26-31(43)6)24-49(7,8)28-64-48(62)39-13-12-17-56(52-39)47(40)61/h10,14-15,19-20,22-23,25-26,29,35,39-40,44,52H,1,11-13,16-18,21,24,27-28H2,2-9H3,(H-,51,58,60)/p+1/t35-,39-,40-,44-/m0/s1. The van der Waals surface area contributed by atoms with Crippen LogP contribution in [0.25, 0.3) is 33.3 Å². The number of likely N-dealkylation sites (N-methyl/N-ethyl adjacent to an activating group) is 1. The molecule has 15 heteroatoms. The zero-order valence-corrected chi connectivity index (χ0v) is 38.4. The van der Waals surface area contributed by atoms with Crippen LogP contribution < -0.4 is 10.7 Å². The van der Waals surface area contributed by atoms with E-state index in [1.165, 1.54) is 16.1 Å². The zero-order chi connectivity index (χ0) is 46.2. The molecule has 0 radical (unpaired) electrons. The van der Waals surface area contributed by atoms with Crippen LogP contribution in [0.1, 0.15) is 76.1 Å². The molecule has 2 saturated heterocycles. The summed E-state index contributed by atoms with van der Waals surface area (Å²) >= 11 is 0. The number of aryl methyl sites for hydroxylation is 3. The van der Waals surface area contributed by atoms with Gasteiger partial charge < -0.3 is 24.6 Å². The highest BCUT2D eigenvalue weighted by atomic mass is 16.5. The average molecular weight is 876 g/mol. The minimum atomic E-state index is -1.16. The quantitative estimate of drug-likeness (QED) is 0.0810. The highest BCUT2D eigenvalue weighted by Gasteiger charge is 2.44. The third kappa shape index (κ3) is 9.26. The van der Waals surface area contributed by atoms with Crippen molar-refractivity contribution in [1.82, 2.24) is 35.2 Å². The number of aromatic hydroxyl groups is 1. The molecule has 0 spiro atoms. The molecule has 5 heterocycles. The van der Waals surface area contributed by atoms with Gasteiger partial charge in [-0.1, -0.05) is 46.4 Å². The van der Waals surface area contributed by atoms with Crippen molar-refractivity contribution in [3.63, 3.8) is 0 Å². The van der Waals surface area contributed by atoms with Gasteiger partial charge in [0.05, 0.1) is 30.8 Å². The van der Waals surface area contributed by atoms with E-state index in [2.05, 4.69) is 73.6 Å². The molecule has 6 bridgehead atoms. The number of phenols is 1. The third-order valence-electron chi connectivity index (χ3n) is 13.0. The molecule has 15 nitrogen and oxygen atoms in total. The number of phenolic OH excluding ortho intramolecular Hbond substituents is 1. The number of amides is 3. The summed E-state index contributed by atoms with van der Waals surface area (Å²) in [6, 6.07) is 7.99. The number of carbonyl (C=O) groups excluding carboxylic acids is 4. The van der Waals surface area contributed by atoms with Crippen LogP contribution in [-0.4, -0.2) is 116 Å². The van der Waals surface area contributed by atoms with Crippen molar-refractivity contribution in [1.29, 1.82) is 0 Å². The minimum absolute atomic E-state index is 0.00280. The molecular formula is C49H63N8O7+. The predicted octanol–water partition coefficient (Wildman–Crippen LogP) is 5.80. The second-order valence-electron chi connectivity index (χ2n) is 18.9. The molecule has 2 aromatic heterocycles. The number of rotatable bonds is 9. The Morgan fingerprint density at radius 1 is 1.09 bits per heavy atom. The summed E-state index contributed by atoms with van der Waals surface area (Å²) < 4.78 is 8.43. The van der Waals surface area contributed by atoms with E-state index in [1.807, 2.05) is 38.4 Å². The van der Waals surface area contributed by atoms with E-state index in [0.29, 0.717) is 44.3 Å². The predicted molar refractivity (Wildman–Crippen MR) is 245 cm³/mol. The number of benzene rings is 2. The number of hydrogen-bond donors (Lipinski definition) is 3. The van der Waals surface area contributed by atoms with E-state index in [9.17, 15) is 29.2 Å². The lowest BCUT2D eigenvalue weighted by Crippen LogP contribution is -2.62. The Labute approximate surface area is 375 Å². The summed E-state index contributed by atoms with van der Waals surface area (Å²) in [6.07, 6.45) is 6.97. The number of nitrogens with one attached hydrogen (secondary N) is 2. The molecule has 0 saturated carbocycles. The van der Waals surface area contributed by atoms with Gasteiger partial charge in [-0.15, -0.1) is 5.01 Å². The van der Waals surface area contributed by atoms with E-state index >= 15 is 0 Å². The SMILES string of the molecule is C=CC(=O)N1CC[C@H]([N+](=O)N(C)[C@H](C(=O)N[C@H]2Cc3cc(O)cc(c3)-c3ccc4c(c3)c(c(-c3c(C)cncc3C)n4CC)CC(C)(C)COC(=O)[C@@H]3CCCN(N3)C2=O)C(C)C)C1. The number of likely N-dealkylation sites (tertiary alicyclic amines) is 1. The van der Waals surface area contributed by atoms with Gasteiger partial charge in [-0.2, -0.15) is 0 Å². The largest absolute Gasteiger partial charge is 0.508 e. The second kappa shape index (κ2) is 18.6. The fraction of sp³-hybridized carbons (Fsp3) is 0.490. The Bertz CT molecular complexity index is 2470. The number of carbonyl (C=O) groups is 4. The van der Waals surface area contributed by atoms with Gasteiger partial charge >= 0.3 is 5.97 Å². The zero-order valence-electron chi connectivity index (χ0n) is 38.4. The smallest absolute Gasteiger partial charge is 0.324 e. The molecule has 0 unspecified atom stereocenters. The molecule has 3 aliphatic heterocycles. The molecule has 2 fully saturated rings. The van der Waals surface area contributed by atoms with Gasteiger partial charge in [0.1, 0.15) is 22.7 Å². The monoisotopic (exact) mass is 875 g/mol. The first-order chi connectivity index (χ1) is 30.4. The summed E-state index contributed by atoms with van der Waals surface area (Å²) in [6.45, 7) is 19.4. The fourth-order valence-corrected chi connectivity index (χ4v) is 9.86. The van der Waals surface area contributed by atoms with E-state index < -0.39 is 47.4 Å². The first-order valence-electron chi connectivity index (χ1n) is 22.5. The maximum atomic E-state index is 14.7. The van der Waals surface area contributed by atoms with Crippen LogP contribution >= 0.6 is 0 Å². The number of hydrogen-bond acceptors (Lipinski definition) is 9. The number of hydrazine groups is 2. The Balaban J connectivity index is 1.30. The first-order valence-corrected chi connectivity index (χ1v) is 22.5. The molecule has 0 aliphatic carbocycles. The number of aromatic nitrogens is 2. The molecule has 340 valence electrons. The number of nitroso groups, excluding NO2 is 1. The molecule has 2 aromatic carbocycles. The van der Waals surface area contributed by atoms with Crippen LogP contribution in [0, 0.1) is 30.1 Å². The highest BCUT2D eigenvalue weighted by Crippen LogP contribution is 2.42. The van der Waals surface area contributed by atoms with Gasteiger partial charge in [0, 0.05) is 66.8 Å². The molecule has 4 aromatic rings. The van der Waals surface area contributed by atoms with Crippen molar-refractivity contribution < 1.29 is 33.9 Å². The van der Waals surface area contributed by atoms with Crippen molar-refractivity contribution >= 4 is 34.6 Å². The lowest BCUT2D eigenvalue weighted by atomic mass is 9.83. The molecule has 3 N–H and O–H groups in total. The van der Waals surface area contributed by atoms with Crippen molar-refractivity contribution in [3.05, 3.63) is 88.6 Å². The lowest BCUT2D eigenvalue weighted by molar-refractivity contribution is -0.732. The fourth-order valence-electron chi connectivity index (χ4n) is 9.86. The van der Waals surface area contributed by atoms with Crippen LogP contribution in [-0.2, 0) is 43.3 Å². The number of nitrogens with zero attached hydrogens (tertiary/aromatic N) is 6. The number of cyclic esters (lactones) is 1. The van der Waals surface area contributed by atoms with Crippen molar-refractivity contribution in [2.75, 3.05) is 33.3 Å². The van der Waals surface area contributed by atoms with Crippen LogP contribution in [0.2, 0.25) is 0 Å². The van der Waals surface area contributed by atoms with Gasteiger partial charge in [0.15, 0.2) is 6.04 Å². The molecule has 4 atom stereocenters. The van der Waals surface area contributed by atoms with Crippen molar-refractivity contribution in [3.8, 4) is 28.1 Å². The summed E-state index contributed by atoms with van der Waals surface area (Å²) in [5.74, 6) is -2.11. The van der Waals surface area contributed by atoms with Crippen molar-refractivity contribution in [2.45, 2.75) is 111 Å². The molecular weight excluding hydrogens is 813 g/mol. The Morgan fingerprint density at radius 2 is 1.83 bits per heavy atom. The van der Waals surface area contributed by atoms with E-state index in [0.717, 1.165) is 54.8 Å². The second-order valence-corrected chi connectivity index (χ2v) is 18.9. The van der Waals surface area contributed by atoms with Gasteiger partial charge in [-0.05, 0) is 110 Å². The summed E-state index contributed by atoms with van der Waals surface area (Å²) in [4.78, 5) is 75.9. The number of pyridine rings is 1. The van der Waals surface area contributed by atoms with Crippen LogP contribution in [0.4, 0.5) is 0 Å². The lowest BCUT2D eigenvalue weighted by Gasteiger charge is -2.36. The van der Waals surface area contributed by atoms with Gasteiger partial charge in [0.25, 0.3) is 11.9 Å². The normalized spacial score (nSPS) is 20.7. The molecule has 3 amide bonds. The van der Waals surface area contributed by atoms with E-state index in [1.54, 1.807) is 24.1 Å². The van der Waals surface area contributed by atoms with Crippen LogP contribution in [0.5, 0.6) is 5.75 Å². The Hall–Kier alpha value is -6.09. The topological polar surface area (TPSA) is 169 Å². The van der Waals surface area contributed by atoms with Crippen LogP contribution in [0.3, 0.4) is 0 Å². The van der Waals surface area contributed by atoms with Crippen molar-refractivity contribution in [2.24, 2.45) is 11.3 Å².